The van der Waals surface area contributed by atoms with Crippen LogP contribution in [0, 0.1) is 0 Å². The number of halogens is 1. The molecular weight excluding hydrogens is 216 g/mol. The van der Waals surface area contributed by atoms with Gasteiger partial charge in [-0.1, -0.05) is 72.8 Å². The first-order chi connectivity index (χ1) is 7.84. The van der Waals surface area contributed by atoms with Gasteiger partial charge in [0.2, 0.25) is 0 Å². The Morgan fingerprint density at radius 1 is 0.812 bits per heavy atom. The van der Waals surface area contributed by atoms with E-state index in [9.17, 15) is 0 Å². The lowest BCUT2D eigenvalue weighted by atomic mass is 10.1. The van der Waals surface area contributed by atoms with Gasteiger partial charge in [-0.25, -0.2) is 0 Å². The molecule has 0 fully saturated rings. The molecule has 0 saturated heterocycles. The van der Waals surface area contributed by atoms with E-state index >= 15 is 0 Å². The van der Waals surface area contributed by atoms with Crippen LogP contribution in [0.15, 0.2) is 79.4 Å². The number of allylic oxidation sites excluding steroid dienone is 1. The zero-order valence-electron chi connectivity index (χ0n) is 9.09. The van der Waals surface area contributed by atoms with Crippen molar-refractivity contribution in [2.24, 2.45) is 0 Å². The Labute approximate surface area is 102 Å². The maximum absolute atomic E-state index is 5.87. The van der Waals surface area contributed by atoms with E-state index in [-0.39, 0.29) is 5.38 Å². The first kappa shape index (κ1) is 12.5. The standard InChI is InChI=1S/C9H9Cl.C6H6/c1-2-9(10)8-6-4-3-5-7-8;1-2-4-6-5-3-1/h2-7,9H,1H2;1-6H. The van der Waals surface area contributed by atoms with Gasteiger partial charge in [0.05, 0.1) is 5.38 Å². The summed E-state index contributed by atoms with van der Waals surface area (Å²) in [6.45, 7) is 3.61. The summed E-state index contributed by atoms with van der Waals surface area (Å²) in [5, 5.41) is -0.0544. The normalized spacial score (nSPS) is 10.8. The second-order valence-electron chi connectivity index (χ2n) is 3.20. The van der Waals surface area contributed by atoms with E-state index in [0.29, 0.717) is 0 Å². The van der Waals surface area contributed by atoms with Crippen LogP contribution in [0.3, 0.4) is 0 Å². The van der Waals surface area contributed by atoms with E-state index in [1.54, 1.807) is 6.08 Å². The van der Waals surface area contributed by atoms with Gasteiger partial charge < -0.3 is 0 Å². The third-order valence-corrected chi connectivity index (χ3v) is 2.42. The lowest BCUT2D eigenvalue weighted by Gasteiger charge is -2.01. The van der Waals surface area contributed by atoms with Crippen molar-refractivity contribution in [3.63, 3.8) is 0 Å². The van der Waals surface area contributed by atoms with Crippen LogP contribution in [0.4, 0.5) is 0 Å². The van der Waals surface area contributed by atoms with Crippen molar-refractivity contribution in [2.45, 2.75) is 5.38 Å². The van der Waals surface area contributed by atoms with Crippen molar-refractivity contribution in [2.75, 3.05) is 0 Å². The molecule has 2 aromatic carbocycles. The van der Waals surface area contributed by atoms with Gasteiger partial charge in [0.25, 0.3) is 0 Å². The average Bonchev–Trinajstić information content (AvgIpc) is 2.41. The van der Waals surface area contributed by atoms with Gasteiger partial charge in [-0.15, -0.1) is 18.2 Å². The van der Waals surface area contributed by atoms with Crippen LogP contribution >= 0.6 is 11.6 Å². The smallest absolute Gasteiger partial charge is 0.0763 e. The largest absolute Gasteiger partial charge is 0.113 e. The van der Waals surface area contributed by atoms with Gasteiger partial charge in [0.15, 0.2) is 0 Å². The Hall–Kier alpha value is -1.53. The Morgan fingerprint density at radius 3 is 1.56 bits per heavy atom. The predicted molar refractivity (Wildman–Crippen MR) is 71.7 cm³/mol. The molecule has 1 heteroatoms. The number of hydrogen-bond acceptors (Lipinski definition) is 0. The van der Waals surface area contributed by atoms with Gasteiger partial charge in [0, 0.05) is 0 Å². The Kier molecular flexibility index (Phi) is 6.05. The average molecular weight is 231 g/mol. The molecule has 0 radical (unpaired) electrons. The van der Waals surface area contributed by atoms with Crippen LogP contribution < -0.4 is 0 Å². The first-order valence-electron chi connectivity index (χ1n) is 5.16. The molecule has 0 aliphatic heterocycles. The molecule has 0 bridgehead atoms. The first-order valence-corrected chi connectivity index (χ1v) is 5.60. The molecule has 0 saturated carbocycles. The van der Waals surface area contributed by atoms with E-state index in [2.05, 4.69) is 6.58 Å². The van der Waals surface area contributed by atoms with Crippen LogP contribution in [0.2, 0.25) is 0 Å². The lowest BCUT2D eigenvalue weighted by Crippen LogP contribution is -1.82. The van der Waals surface area contributed by atoms with E-state index in [1.807, 2.05) is 66.7 Å². The number of hydrogen-bond donors (Lipinski definition) is 0. The molecule has 2 aromatic rings. The second-order valence-corrected chi connectivity index (χ2v) is 3.67. The van der Waals surface area contributed by atoms with Crippen LogP contribution in [-0.4, -0.2) is 0 Å². The molecule has 0 N–H and O–H groups in total. The number of alkyl halides is 1. The fourth-order valence-electron chi connectivity index (χ4n) is 1.16. The highest BCUT2D eigenvalue weighted by Crippen LogP contribution is 2.19. The Balaban J connectivity index is 0.000000181. The van der Waals surface area contributed by atoms with E-state index in [4.69, 9.17) is 11.6 Å². The Morgan fingerprint density at radius 2 is 1.19 bits per heavy atom. The molecule has 0 aliphatic rings. The predicted octanol–water partition coefficient (Wildman–Crippen LogP) is 4.84. The summed E-state index contributed by atoms with van der Waals surface area (Å²) in [5.74, 6) is 0. The highest BCUT2D eigenvalue weighted by molar-refractivity contribution is 6.21. The summed E-state index contributed by atoms with van der Waals surface area (Å²) in [7, 11) is 0. The fourth-order valence-corrected chi connectivity index (χ4v) is 1.30. The number of benzene rings is 2. The maximum Gasteiger partial charge on any atom is 0.0763 e. The zero-order valence-corrected chi connectivity index (χ0v) is 9.85. The highest BCUT2D eigenvalue weighted by atomic mass is 35.5. The topological polar surface area (TPSA) is 0 Å². The van der Waals surface area contributed by atoms with Gasteiger partial charge in [0.1, 0.15) is 0 Å². The van der Waals surface area contributed by atoms with Crippen LogP contribution in [0.25, 0.3) is 0 Å². The van der Waals surface area contributed by atoms with Crippen molar-refractivity contribution in [3.8, 4) is 0 Å². The zero-order chi connectivity index (χ0) is 11.6. The molecule has 1 unspecified atom stereocenters. The monoisotopic (exact) mass is 230 g/mol. The summed E-state index contributed by atoms with van der Waals surface area (Å²) in [6.07, 6.45) is 1.72. The van der Waals surface area contributed by atoms with Crippen molar-refractivity contribution in [1.82, 2.24) is 0 Å². The van der Waals surface area contributed by atoms with Crippen molar-refractivity contribution in [1.29, 1.82) is 0 Å². The molecule has 82 valence electrons. The molecule has 0 aromatic heterocycles. The SMILES string of the molecule is C=CC(Cl)c1ccccc1.c1ccccc1. The summed E-state index contributed by atoms with van der Waals surface area (Å²) in [6, 6.07) is 21.9. The van der Waals surface area contributed by atoms with Crippen LogP contribution in [0.1, 0.15) is 10.9 Å². The summed E-state index contributed by atoms with van der Waals surface area (Å²) in [4.78, 5) is 0. The van der Waals surface area contributed by atoms with Gasteiger partial charge in [-0.05, 0) is 5.56 Å². The quantitative estimate of drug-likeness (QED) is 0.512. The van der Waals surface area contributed by atoms with E-state index < -0.39 is 0 Å². The molecule has 0 aliphatic carbocycles. The lowest BCUT2D eigenvalue weighted by molar-refractivity contribution is 1.22. The summed E-state index contributed by atoms with van der Waals surface area (Å²) in [5.41, 5.74) is 1.10. The van der Waals surface area contributed by atoms with E-state index in [1.165, 1.54) is 0 Å². The molecule has 0 spiro atoms. The van der Waals surface area contributed by atoms with Crippen LogP contribution in [-0.2, 0) is 0 Å². The molecule has 1 atom stereocenters. The van der Waals surface area contributed by atoms with Crippen molar-refractivity contribution >= 4 is 11.6 Å². The third-order valence-electron chi connectivity index (χ3n) is 1.99. The van der Waals surface area contributed by atoms with Gasteiger partial charge in [-0.3, -0.25) is 0 Å². The molecule has 2 rings (SSSR count). The molecule has 0 amide bonds. The highest BCUT2D eigenvalue weighted by Gasteiger charge is 1.98. The molecule has 16 heavy (non-hydrogen) atoms. The fraction of sp³-hybridized carbons (Fsp3) is 0.0667. The maximum atomic E-state index is 5.87. The molecular formula is C15H15Cl. The minimum absolute atomic E-state index is 0.0544. The summed E-state index contributed by atoms with van der Waals surface area (Å²) >= 11 is 5.87. The van der Waals surface area contributed by atoms with Gasteiger partial charge >= 0.3 is 0 Å². The third kappa shape index (κ3) is 4.81. The van der Waals surface area contributed by atoms with Crippen molar-refractivity contribution < 1.29 is 0 Å². The van der Waals surface area contributed by atoms with Crippen molar-refractivity contribution in [3.05, 3.63) is 84.9 Å². The minimum atomic E-state index is -0.0544. The second kappa shape index (κ2) is 7.72. The Bertz CT molecular complexity index is 354. The van der Waals surface area contributed by atoms with Crippen LogP contribution in [0.5, 0.6) is 0 Å². The van der Waals surface area contributed by atoms with E-state index in [0.717, 1.165) is 5.56 Å². The molecule has 0 nitrogen and oxygen atoms in total. The summed E-state index contributed by atoms with van der Waals surface area (Å²) < 4.78 is 0. The number of rotatable bonds is 2. The molecule has 0 heterocycles. The minimum Gasteiger partial charge on any atom is -0.113 e. The van der Waals surface area contributed by atoms with Gasteiger partial charge in [-0.2, -0.15) is 0 Å².